The number of amides is 2. The lowest BCUT2D eigenvalue weighted by Crippen LogP contribution is -2.49. The van der Waals surface area contributed by atoms with Crippen LogP contribution in [0.5, 0.6) is 0 Å². The molecular weight excluding hydrogens is 296 g/mol. The lowest BCUT2D eigenvalue weighted by molar-refractivity contribution is -0.123. The number of nitrogens with zero attached hydrogens (tertiary/aromatic N) is 4. The Morgan fingerprint density at radius 1 is 1.13 bits per heavy atom. The predicted octanol–water partition coefficient (Wildman–Crippen LogP) is -1.21. The summed E-state index contributed by atoms with van der Waals surface area (Å²) in [5.41, 5.74) is 0. The minimum Gasteiger partial charge on any atom is -0.355 e. The number of hydrogen-bond donors (Lipinski definition) is 2. The molecule has 8 nitrogen and oxygen atoms in total. The predicted molar refractivity (Wildman–Crippen MR) is 86.6 cm³/mol. The second-order valence-electron chi connectivity index (χ2n) is 5.84. The first-order valence-corrected chi connectivity index (χ1v) is 7.96. The molecule has 23 heavy (non-hydrogen) atoms. The maximum atomic E-state index is 11.8. The number of carbonyl (C=O) groups is 2. The highest BCUT2D eigenvalue weighted by atomic mass is 16.2. The first kappa shape index (κ1) is 17.4. The molecule has 8 heteroatoms. The van der Waals surface area contributed by atoms with E-state index in [1.54, 1.807) is 0 Å². The van der Waals surface area contributed by atoms with Crippen LogP contribution >= 0.6 is 0 Å². The maximum absolute atomic E-state index is 11.8. The summed E-state index contributed by atoms with van der Waals surface area (Å²) in [6, 6.07) is 0. The highest BCUT2D eigenvalue weighted by Gasteiger charge is 2.19. The van der Waals surface area contributed by atoms with Crippen molar-refractivity contribution in [2.45, 2.75) is 13.5 Å². The summed E-state index contributed by atoms with van der Waals surface area (Å²) in [5.74, 6) is 0.991. The van der Waals surface area contributed by atoms with Crippen LogP contribution in [-0.2, 0) is 23.2 Å². The van der Waals surface area contributed by atoms with Gasteiger partial charge in [0, 0.05) is 65.6 Å². The minimum absolute atomic E-state index is 0.00732. The number of carbonyl (C=O) groups excluding carboxylic acids is 2. The van der Waals surface area contributed by atoms with Gasteiger partial charge in [-0.1, -0.05) is 0 Å². The van der Waals surface area contributed by atoms with Crippen LogP contribution in [0.1, 0.15) is 12.7 Å². The Morgan fingerprint density at radius 3 is 2.39 bits per heavy atom. The number of piperazine rings is 1. The second-order valence-corrected chi connectivity index (χ2v) is 5.84. The molecule has 1 aromatic rings. The molecule has 1 fully saturated rings. The average molecular weight is 322 g/mol. The van der Waals surface area contributed by atoms with Crippen LogP contribution in [-0.4, -0.2) is 77.0 Å². The molecular formula is C15H26N6O2. The summed E-state index contributed by atoms with van der Waals surface area (Å²) >= 11 is 0. The Kier molecular flexibility index (Phi) is 6.54. The van der Waals surface area contributed by atoms with Crippen LogP contribution in [0, 0.1) is 0 Å². The van der Waals surface area contributed by atoms with E-state index in [1.165, 1.54) is 6.92 Å². The van der Waals surface area contributed by atoms with Gasteiger partial charge in [-0.3, -0.25) is 19.4 Å². The summed E-state index contributed by atoms with van der Waals surface area (Å²) in [4.78, 5) is 31.4. The van der Waals surface area contributed by atoms with Crippen molar-refractivity contribution in [2.24, 2.45) is 7.05 Å². The Morgan fingerprint density at radius 2 is 1.78 bits per heavy atom. The van der Waals surface area contributed by atoms with Crippen molar-refractivity contribution in [2.75, 3.05) is 45.8 Å². The average Bonchev–Trinajstić information content (AvgIpc) is 2.91. The normalized spacial score (nSPS) is 16.3. The molecule has 0 saturated carbocycles. The fourth-order valence-electron chi connectivity index (χ4n) is 2.55. The standard InChI is InChI=1S/C15H26N6O2/c1-13(22)16-3-4-18-15(23)12-21-9-7-20(8-10-21)11-14-17-5-6-19(14)2/h5-6H,3-4,7-12H2,1-2H3,(H,16,22)(H,18,23). The van der Waals surface area contributed by atoms with Crippen LogP contribution in [0.3, 0.4) is 0 Å². The fraction of sp³-hybridized carbons (Fsp3) is 0.667. The monoisotopic (exact) mass is 322 g/mol. The number of hydrogen-bond acceptors (Lipinski definition) is 5. The molecule has 2 N–H and O–H groups in total. The zero-order valence-corrected chi connectivity index (χ0v) is 13.9. The lowest BCUT2D eigenvalue weighted by atomic mass is 10.3. The number of aromatic nitrogens is 2. The zero-order valence-electron chi connectivity index (χ0n) is 13.9. The third-order valence-corrected chi connectivity index (χ3v) is 3.94. The van der Waals surface area contributed by atoms with Gasteiger partial charge < -0.3 is 15.2 Å². The first-order valence-electron chi connectivity index (χ1n) is 7.96. The molecule has 128 valence electrons. The molecule has 0 spiro atoms. The highest BCUT2D eigenvalue weighted by molar-refractivity contribution is 5.78. The van der Waals surface area contributed by atoms with Gasteiger partial charge in [-0.2, -0.15) is 0 Å². The van der Waals surface area contributed by atoms with E-state index in [-0.39, 0.29) is 11.8 Å². The van der Waals surface area contributed by atoms with Crippen molar-refractivity contribution in [3.8, 4) is 0 Å². The molecule has 0 bridgehead atoms. The van der Waals surface area contributed by atoms with E-state index in [0.717, 1.165) is 38.5 Å². The number of nitrogens with one attached hydrogen (secondary N) is 2. The van der Waals surface area contributed by atoms with E-state index < -0.39 is 0 Å². The smallest absolute Gasteiger partial charge is 0.234 e. The summed E-state index contributed by atoms with van der Waals surface area (Å²) in [6.45, 7) is 7.30. The van der Waals surface area contributed by atoms with Crippen molar-refractivity contribution in [3.05, 3.63) is 18.2 Å². The van der Waals surface area contributed by atoms with E-state index in [4.69, 9.17) is 0 Å². The van der Waals surface area contributed by atoms with E-state index in [2.05, 4.69) is 25.4 Å². The van der Waals surface area contributed by atoms with Crippen LogP contribution in [0.25, 0.3) is 0 Å². The van der Waals surface area contributed by atoms with Gasteiger partial charge in [0.2, 0.25) is 11.8 Å². The minimum atomic E-state index is -0.0805. The van der Waals surface area contributed by atoms with Crippen LogP contribution in [0.4, 0.5) is 0 Å². The first-order chi connectivity index (χ1) is 11.0. The molecule has 0 unspecified atom stereocenters. The van der Waals surface area contributed by atoms with Gasteiger partial charge in [-0.15, -0.1) is 0 Å². The number of imidazole rings is 1. The molecule has 2 heterocycles. The van der Waals surface area contributed by atoms with Crippen LogP contribution in [0.2, 0.25) is 0 Å². The lowest BCUT2D eigenvalue weighted by Gasteiger charge is -2.34. The van der Waals surface area contributed by atoms with Gasteiger partial charge in [-0.05, 0) is 0 Å². The van der Waals surface area contributed by atoms with Crippen molar-refractivity contribution in [1.29, 1.82) is 0 Å². The van der Waals surface area contributed by atoms with Gasteiger partial charge in [0.25, 0.3) is 0 Å². The quantitative estimate of drug-likeness (QED) is 0.616. The number of aryl methyl sites for hydroxylation is 1. The van der Waals surface area contributed by atoms with Crippen molar-refractivity contribution >= 4 is 11.8 Å². The van der Waals surface area contributed by atoms with Crippen molar-refractivity contribution < 1.29 is 9.59 Å². The van der Waals surface area contributed by atoms with E-state index in [1.807, 2.05) is 24.0 Å². The fourth-order valence-corrected chi connectivity index (χ4v) is 2.55. The third-order valence-electron chi connectivity index (χ3n) is 3.94. The summed E-state index contributed by atoms with van der Waals surface area (Å²) in [5, 5.41) is 5.47. The van der Waals surface area contributed by atoms with Crippen LogP contribution in [0.15, 0.2) is 12.4 Å². The topological polar surface area (TPSA) is 82.5 Å². The molecule has 0 radical (unpaired) electrons. The highest BCUT2D eigenvalue weighted by Crippen LogP contribution is 2.06. The Hall–Kier alpha value is -1.93. The van der Waals surface area contributed by atoms with Gasteiger partial charge in [0.05, 0.1) is 13.1 Å². The van der Waals surface area contributed by atoms with Gasteiger partial charge in [0.1, 0.15) is 5.82 Å². The van der Waals surface area contributed by atoms with E-state index in [9.17, 15) is 9.59 Å². The number of rotatable bonds is 7. The van der Waals surface area contributed by atoms with Crippen molar-refractivity contribution in [1.82, 2.24) is 30.0 Å². The summed E-state index contributed by atoms with van der Waals surface area (Å²) in [7, 11) is 2.00. The van der Waals surface area contributed by atoms with Gasteiger partial charge in [-0.25, -0.2) is 4.98 Å². The van der Waals surface area contributed by atoms with E-state index in [0.29, 0.717) is 19.6 Å². The summed E-state index contributed by atoms with van der Waals surface area (Å²) in [6.07, 6.45) is 3.77. The van der Waals surface area contributed by atoms with Gasteiger partial charge >= 0.3 is 0 Å². The van der Waals surface area contributed by atoms with Crippen LogP contribution < -0.4 is 10.6 Å². The Labute approximate surface area is 136 Å². The third kappa shape index (κ3) is 5.99. The molecule has 0 aromatic carbocycles. The molecule has 2 amide bonds. The second kappa shape index (κ2) is 8.64. The molecule has 1 aliphatic heterocycles. The van der Waals surface area contributed by atoms with E-state index >= 15 is 0 Å². The molecule has 1 saturated heterocycles. The molecule has 2 rings (SSSR count). The summed E-state index contributed by atoms with van der Waals surface area (Å²) < 4.78 is 2.04. The molecule has 1 aromatic heterocycles. The molecule has 1 aliphatic rings. The Bertz CT molecular complexity index is 522. The molecule has 0 aliphatic carbocycles. The molecule has 0 atom stereocenters. The maximum Gasteiger partial charge on any atom is 0.234 e. The van der Waals surface area contributed by atoms with Gasteiger partial charge in [0.15, 0.2) is 0 Å². The van der Waals surface area contributed by atoms with Crippen molar-refractivity contribution in [3.63, 3.8) is 0 Å². The Balaban J connectivity index is 1.61. The zero-order chi connectivity index (χ0) is 16.7. The SMILES string of the molecule is CC(=O)NCCNC(=O)CN1CCN(Cc2nccn2C)CC1. The largest absolute Gasteiger partial charge is 0.355 e.